The van der Waals surface area contributed by atoms with Crippen molar-refractivity contribution in [2.24, 2.45) is 5.84 Å². The Morgan fingerprint density at radius 1 is 1.08 bits per heavy atom. The Kier molecular flexibility index (Phi) is 7.99. The molecule has 0 amide bonds. The van der Waals surface area contributed by atoms with E-state index in [9.17, 15) is 31.7 Å². The summed E-state index contributed by atoms with van der Waals surface area (Å²) in [5.74, 6) is 5.65. The number of alkyl halides is 3. The van der Waals surface area contributed by atoms with Gasteiger partial charge in [0.1, 0.15) is 17.1 Å². The van der Waals surface area contributed by atoms with Gasteiger partial charge in [0.2, 0.25) is 0 Å². The number of likely N-dealkylation sites (tertiary alicyclic amines) is 1. The lowest BCUT2D eigenvalue weighted by Crippen LogP contribution is -2.38. The first-order chi connectivity index (χ1) is 18.4. The van der Waals surface area contributed by atoms with E-state index in [2.05, 4.69) is 10.2 Å². The lowest BCUT2D eigenvalue weighted by molar-refractivity contribution is -0.384. The number of benzene rings is 3. The third kappa shape index (κ3) is 6.41. The van der Waals surface area contributed by atoms with Gasteiger partial charge in [-0.15, -0.1) is 0 Å². The zero-order valence-electron chi connectivity index (χ0n) is 20.8. The molecule has 1 aliphatic rings. The molecule has 0 atom stereocenters. The van der Waals surface area contributed by atoms with Crippen LogP contribution >= 0.6 is 0 Å². The van der Waals surface area contributed by atoms with E-state index in [1.807, 2.05) is 7.05 Å². The first-order valence-electron chi connectivity index (χ1n) is 11.8. The van der Waals surface area contributed by atoms with Crippen LogP contribution in [0.4, 0.5) is 30.2 Å². The van der Waals surface area contributed by atoms with Crippen LogP contribution in [0.25, 0.3) is 0 Å². The Hall–Kier alpha value is -3.88. The molecule has 208 valence electrons. The summed E-state index contributed by atoms with van der Waals surface area (Å²) in [5, 5.41) is 14.9. The SMILES string of the molecule is CN1CCC(Nc2ccc(S(=O)(=O)N(N)c3ccccc3Oc3cccc(C(F)(F)F)c3)cc2[N+](=O)[O-])CC1. The molecular formula is C25H26F3N5O5S. The van der Waals surface area contributed by atoms with Gasteiger partial charge in [-0.25, -0.2) is 5.84 Å². The van der Waals surface area contributed by atoms with Crippen molar-refractivity contribution in [3.05, 3.63) is 82.4 Å². The summed E-state index contributed by atoms with van der Waals surface area (Å²) in [6.45, 7) is 1.64. The fourth-order valence-corrected chi connectivity index (χ4v) is 5.29. The van der Waals surface area contributed by atoms with Crippen LogP contribution < -0.4 is 20.3 Å². The van der Waals surface area contributed by atoms with Crippen molar-refractivity contribution in [2.45, 2.75) is 30.0 Å². The number of ether oxygens (including phenoxy) is 1. The second kappa shape index (κ2) is 11.1. The zero-order valence-corrected chi connectivity index (χ0v) is 21.6. The van der Waals surface area contributed by atoms with Crippen LogP contribution in [0.2, 0.25) is 0 Å². The van der Waals surface area contributed by atoms with Crippen LogP contribution in [0, 0.1) is 10.1 Å². The first kappa shape index (κ1) is 28.1. The molecule has 1 heterocycles. The summed E-state index contributed by atoms with van der Waals surface area (Å²) in [4.78, 5) is 12.8. The highest BCUT2D eigenvalue weighted by atomic mass is 32.2. The van der Waals surface area contributed by atoms with E-state index in [-0.39, 0.29) is 28.9 Å². The summed E-state index contributed by atoms with van der Waals surface area (Å²) in [5.41, 5.74) is -1.38. The maximum Gasteiger partial charge on any atom is 0.416 e. The number of para-hydroxylation sites is 2. The van der Waals surface area contributed by atoms with Crippen molar-refractivity contribution in [3.63, 3.8) is 0 Å². The van der Waals surface area contributed by atoms with Gasteiger partial charge < -0.3 is 15.0 Å². The number of hydrogen-bond donors (Lipinski definition) is 2. The number of nitro benzene ring substituents is 1. The van der Waals surface area contributed by atoms with Crippen LogP contribution in [0.5, 0.6) is 11.5 Å². The highest BCUT2D eigenvalue weighted by Crippen LogP contribution is 2.37. The number of hydrogen-bond acceptors (Lipinski definition) is 8. The number of nitrogens with one attached hydrogen (secondary N) is 1. The number of nitrogens with zero attached hydrogens (tertiary/aromatic N) is 3. The molecule has 4 rings (SSSR count). The molecule has 3 aromatic carbocycles. The van der Waals surface area contributed by atoms with Crippen LogP contribution in [-0.2, 0) is 16.2 Å². The summed E-state index contributed by atoms with van der Waals surface area (Å²) in [6, 6.07) is 13.1. The molecule has 1 saturated heterocycles. The summed E-state index contributed by atoms with van der Waals surface area (Å²) >= 11 is 0. The van der Waals surface area contributed by atoms with Crippen molar-refractivity contribution < 1.29 is 31.2 Å². The number of nitro groups is 1. The van der Waals surface area contributed by atoms with E-state index in [0.29, 0.717) is 4.41 Å². The highest BCUT2D eigenvalue weighted by molar-refractivity contribution is 7.92. The largest absolute Gasteiger partial charge is 0.455 e. The Balaban J connectivity index is 1.62. The van der Waals surface area contributed by atoms with Crippen LogP contribution in [0.15, 0.2) is 71.6 Å². The highest BCUT2D eigenvalue weighted by Gasteiger charge is 2.32. The average Bonchev–Trinajstić information content (AvgIpc) is 2.89. The predicted molar refractivity (Wildman–Crippen MR) is 139 cm³/mol. The maximum atomic E-state index is 13.4. The summed E-state index contributed by atoms with van der Waals surface area (Å²) < 4.78 is 72.0. The quantitative estimate of drug-likeness (QED) is 0.222. The number of sulfonamides is 1. The van der Waals surface area contributed by atoms with Crippen LogP contribution in [-0.4, -0.2) is 44.4 Å². The van der Waals surface area contributed by atoms with Crippen molar-refractivity contribution in [3.8, 4) is 11.5 Å². The van der Waals surface area contributed by atoms with Gasteiger partial charge in [0, 0.05) is 12.1 Å². The fourth-order valence-electron chi connectivity index (χ4n) is 4.15. The second-order valence-corrected chi connectivity index (χ2v) is 10.9. The summed E-state index contributed by atoms with van der Waals surface area (Å²) in [6.07, 6.45) is -3.06. The number of hydrazine groups is 1. The van der Waals surface area contributed by atoms with Gasteiger partial charge in [-0.2, -0.15) is 26.0 Å². The monoisotopic (exact) mass is 565 g/mol. The fraction of sp³-hybridized carbons (Fsp3) is 0.280. The Bertz CT molecular complexity index is 1460. The topological polar surface area (TPSA) is 131 Å². The number of piperidine rings is 1. The molecular weight excluding hydrogens is 539 g/mol. The van der Waals surface area contributed by atoms with Gasteiger partial charge in [0.05, 0.1) is 15.4 Å². The molecule has 3 N–H and O–H groups in total. The lowest BCUT2D eigenvalue weighted by atomic mass is 10.1. The number of nitrogens with two attached hydrogens (primary N) is 1. The molecule has 1 aliphatic heterocycles. The number of halogens is 3. The van der Waals surface area contributed by atoms with Crippen molar-refractivity contribution in [1.29, 1.82) is 0 Å². The van der Waals surface area contributed by atoms with Gasteiger partial charge in [0.25, 0.3) is 15.7 Å². The maximum absolute atomic E-state index is 13.4. The summed E-state index contributed by atoms with van der Waals surface area (Å²) in [7, 11) is -2.55. The lowest BCUT2D eigenvalue weighted by Gasteiger charge is -2.30. The minimum absolute atomic E-state index is 0.00626. The van der Waals surface area contributed by atoms with E-state index < -0.39 is 37.3 Å². The molecule has 10 nitrogen and oxygen atoms in total. The third-order valence-electron chi connectivity index (χ3n) is 6.29. The molecule has 0 spiro atoms. The van der Waals surface area contributed by atoms with Crippen LogP contribution in [0.3, 0.4) is 0 Å². The third-order valence-corrected chi connectivity index (χ3v) is 7.86. The number of rotatable bonds is 8. The van der Waals surface area contributed by atoms with Gasteiger partial charge in [-0.1, -0.05) is 18.2 Å². The van der Waals surface area contributed by atoms with Gasteiger partial charge in [0.15, 0.2) is 5.75 Å². The molecule has 0 aromatic heterocycles. The van der Waals surface area contributed by atoms with Gasteiger partial charge in [-0.3, -0.25) is 10.1 Å². The minimum Gasteiger partial charge on any atom is -0.455 e. The molecule has 14 heteroatoms. The predicted octanol–water partition coefficient (Wildman–Crippen LogP) is 4.98. The van der Waals surface area contributed by atoms with E-state index in [1.54, 1.807) is 0 Å². The second-order valence-electron chi connectivity index (χ2n) is 9.05. The molecule has 0 saturated carbocycles. The average molecular weight is 566 g/mol. The van der Waals surface area contributed by atoms with Gasteiger partial charge in [-0.05, 0) is 75.4 Å². The minimum atomic E-state index is -4.61. The zero-order chi connectivity index (χ0) is 28.4. The molecule has 0 aliphatic carbocycles. The normalized spacial score (nSPS) is 15.1. The van der Waals surface area contributed by atoms with E-state index in [0.717, 1.165) is 50.2 Å². The van der Waals surface area contributed by atoms with Crippen molar-refractivity contribution in [1.82, 2.24) is 4.90 Å². The molecule has 0 unspecified atom stereocenters. The van der Waals surface area contributed by atoms with E-state index in [4.69, 9.17) is 10.6 Å². The molecule has 39 heavy (non-hydrogen) atoms. The smallest absolute Gasteiger partial charge is 0.416 e. The Morgan fingerprint density at radius 3 is 2.44 bits per heavy atom. The van der Waals surface area contributed by atoms with Crippen molar-refractivity contribution in [2.75, 3.05) is 29.9 Å². The molecule has 3 aromatic rings. The molecule has 0 bridgehead atoms. The van der Waals surface area contributed by atoms with Crippen molar-refractivity contribution >= 4 is 27.1 Å². The van der Waals surface area contributed by atoms with Gasteiger partial charge >= 0.3 is 6.18 Å². The molecule has 1 fully saturated rings. The Morgan fingerprint density at radius 2 is 1.77 bits per heavy atom. The first-order valence-corrected chi connectivity index (χ1v) is 13.3. The van der Waals surface area contributed by atoms with E-state index >= 15 is 0 Å². The molecule has 0 radical (unpaired) electrons. The Labute approximate surface area is 222 Å². The van der Waals surface area contributed by atoms with Crippen LogP contribution in [0.1, 0.15) is 18.4 Å². The number of anilines is 2. The van der Waals surface area contributed by atoms with E-state index in [1.165, 1.54) is 42.5 Å². The standard InChI is InChI=1S/C25H26F3N5O5S/c1-31-13-11-18(12-14-31)30-21-10-9-20(16-23(21)33(34)35)39(36,37)32(29)22-7-2-3-8-24(22)38-19-6-4-5-17(15-19)25(26,27)28/h2-10,15-16,18,30H,11-14,29H2,1H3.